The minimum atomic E-state index is -0.722. The van der Waals surface area contributed by atoms with E-state index in [2.05, 4.69) is 25.8 Å². The number of nitrogens with two attached hydrogens (primary N) is 1. The number of H-pyrrole nitrogens is 1. The molecule has 1 aromatic rings. The Kier molecular flexibility index (Phi) is 4.23. The molecule has 0 bridgehead atoms. The Balaban J connectivity index is 2.26. The number of aromatic amines is 1. The Morgan fingerprint density at radius 3 is 2.73 bits per heavy atom. The van der Waals surface area contributed by atoms with Crippen LogP contribution in [0.3, 0.4) is 0 Å². The topological polar surface area (TPSA) is 126 Å². The Hall–Kier alpha value is -1.96. The van der Waals surface area contributed by atoms with Gasteiger partial charge in [0.05, 0.1) is 6.54 Å². The van der Waals surface area contributed by atoms with Crippen LogP contribution in [0.2, 0.25) is 0 Å². The van der Waals surface area contributed by atoms with Crippen LogP contribution < -0.4 is 16.4 Å². The molecule has 0 radical (unpaired) electrons. The van der Waals surface area contributed by atoms with Crippen molar-refractivity contribution in [2.24, 2.45) is 5.73 Å². The number of hydrogen-bond acceptors (Lipinski definition) is 5. The summed E-state index contributed by atoms with van der Waals surface area (Å²) >= 11 is 0. The number of carbonyl (C=O) groups is 2. The molecule has 82 valence electrons. The molecule has 0 spiro atoms. The van der Waals surface area contributed by atoms with Crippen LogP contribution in [0, 0.1) is 0 Å². The molecule has 0 saturated carbocycles. The van der Waals surface area contributed by atoms with Crippen LogP contribution >= 0.6 is 0 Å². The van der Waals surface area contributed by atoms with Crippen molar-refractivity contribution in [2.45, 2.75) is 6.54 Å². The molecule has 0 atom stereocenters. The number of nitrogens with zero attached hydrogens (tertiary/aromatic N) is 2. The van der Waals surface area contributed by atoms with E-state index in [1.54, 1.807) is 0 Å². The zero-order valence-corrected chi connectivity index (χ0v) is 7.99. The monoisotopic (exact) mass is 212 g/mol. The van der Waals surface area contributed by atoms with Gasteiger partial charge in [-0.25, -0.2) is 4.98 Å². The zero-order chi connectivity index (χ0) is 11.1. The lowest BCUT2D eigenvalue weighted by Gasteiger charge is -2.03. The molecular formula is C7H12N6O2. The Morgan fingerprint density at radius 1 is 1.40 bits per heavy atom. The average molecular weight is 212 g/mol. The summed E-state index contributed by atoms with van der Waals surface area (Å²) in [6, 6.07) is 0. The van der Waals surface area contributed by atoms with Gasteiger partial charge in [0.25, 0.3) is 0 Å². The van der Waals surface area contributed by atoms with Crippen LogP contribution in [-0.2, 0) is 16.1 Å². The van der Waals surface area contributed by atoms with Gasteiger partial charge in [-0.1, -0.05) is 0 Å². The van der Waals surface area contributed by atoms with E-state index in [4.69, 9.17) is 5.73 Å². The first-order valence-corrected chi connectivity index (χ1v) is 4.34. The summed E-state index contributed by atoms with van der Waals surface area (Å²) in [6.45, 7) is 0.699. The SMILES string of the molecule is NCCNC(=O)C(=O)NCc1ncn[nH]1. The van der Waals surface area contributed by atoms with Crippen molar-refractivity contribution in [1.82, 2.24) is 25.8 Å². The molecule has 0 unspecified atom stereocenters. The Bertz CT molecular complexity index is 322. The molecule has 1 aromatic heterocycles. The van der Waals surface area contributed by atoms with Gasteiger partial charge in [-0.2, -0.15) is 5.10 Å². The van der Waals surface area contributed by atoms with E-state index in [9.17, 15) is 9.59 Å². The molecular weight excluding hydrogens is 200 g/mol. The number of hydrogen-bond donors (Lipinski definition) is 4. The number of aromatic nitrogens is 3. The van der Waals surface area contributed by atoms with Gasteiger partial charge in [0.2, 0.25) is 0 Å². The van der Waals surface area contributed by atoms with E-state index >= 15 is 0 Å². The summed E-state index contributed by atoms with van der Waals surface area (Å²) in [4.78, 5) is 25.9. The highest BCUT2D eigenvalue weighted by molar-refractivity contribution is 6.35. The van der Waals surface area contributed by atoms with E-state index in [-0.39, 0.29) is 13.1 Å². The highest BCUT2D eigenvalue weighted by Gasteiger charge is 2.11. The number of carbonyl (C=O) groups excluding carboxylic acids is 2. The second-order valence-corrected chi connectivity index (χ2v) is 2.66. The fourth-order valence-corrected chi connectivity index (χ4v) is 0.826. The second-order valence-electron chi connectivity index (χ2n) is 2.66. The highest BCUT2D eigenvalue weighted by atomic mass is 16.2. The van der Waals surface area contributed by atoms with E-state index in [1.165, 1.54) is 6.33 Å². The van der Waals surface area contributed by atoms with Crippen LogP contribution in [0.1, 0.15) is 5.82 Å². The first kappa shape index (κ1) is 11.1. The van der Waals surface area contributed by atoms with Crippen LogP contribution in [0.25, 0.3) is 0 Å². The minimum Gasteiger partial charge on any atom is -0.347 e. The quantitative estimate of drug-likeness (QED) is 0.410. The molecule has 1 heterocycles. The third-order valence-corrected chi connectivity index (χ3v) is 1.52. The van der Waals surface area contributed by atoms with Crippen LogP contribution in [0.15, 0.2) is 6.33 Å². The highest BCUT2D eigenvalue weighted by Crippen LogP contribution is 1.83. The van der Waals surface area contributed by atoms with Gasteiger partial charge in [-0.15, -0.1) is 0 Å². The first-order chi connectivity index (χ1) is 7.24. The van der Waals surface area contributed by atoms with Gasteiger partial charge in [-0.05, 0) is 0 Å². The number of amides is 2. The zero-order valence-electron chi connectivity index (χ0n) is 7.99. The lowest BCUT2D eigenvalue weighted by Crippen LogP contribution is -2.41. The van der Waals surface area contributed by atoms with Gasteiger partial charge in [-0.3, -0.25) is 14.7 Å². The predicted molar refractivity (Wildman–Crippen MR) is 50.3 cm³/mol. The summed E-state index contributed by atoms with van der Waals surface area (Å²) in [7, 11) is 0. The second kappa shape index (κ2) is 5.70. The van der Waals surface area contributed by atoms with Gasteiger partial charge in [0, 0.05) is 13.1 Å². The minimum absolute atomic E-state index is 0.134. The largest absolute Gasteiger partial charge is 0.347 e. The van der Waals surface area contributed by atoms with Crippen molar-refractivity contribution in [1.29, 1.82) is 0 Å². The summed E-state index contributed by atoms with van der Waals surface area (Å²) in [5, 5.41) is 10.8. The molecule has 0 aliphatic carbocycles. The van der Waals surface area contributed by atoms with Crippen molar-refractivity contribution < 1.29 is 9.59 Å². The van der Waals surface area contributed by atoms with Crippen LogP contribution in [0.4, 0.5) is 0 Å². The third-order valence-electron chi connectivity index (χ3n) is 1.52. The van der Waals surface area contributed by atoms with Crippen LogP contribution in [0.5, 0.6) is 0 Å². The maximum Gasteiger partial charge on any atom is 0.309 e. The van der Waals surface area contributed by atoms with Crippen LogP contribution in [-0.4, -0.2) is 40.1 Å². The maximum absolute atomic E-state index is 11.1. The molecule has 0 aromatic carbocycles. The smallest absolute Gasteiger partial charge is 0.309 e. The third kappa shape index (κ3) is 3.73. The van der Waals surface area contributed by atoms with E-state index < -0.39 is 11.8 Å². The van der Waals surface area contributed by atoms with Crippen molar-refractivity contribution in [3.63, 3.8) is 0 Å². The average Bonchev–Trinajstić information content (AvgIpc) is 2.75. The standard InChI is InChI=1S/C7H12N6O2/c8-1-2-9-6(14)7(15)10-3-5-11-4-12-13-5/h4H,1-3,8H2,(H,9,14)(H,10,15)(H,11,12,13). The summed E-state index contributed by atoms with van der Waals surface area (Å²) in [6.07, 6.45) is 1.32. The Labute approximate surface area is 85.6 Å². The normalized spacial score (nSPS) is 9.67. The molecule has 0 aliphatic rings. The Morgan fingerprint density at radius 2 is 2.13 bits per heavy atom. The first-order valence-electron chi connectivity index (χ1n) is 4.34. The van der Waals surface area contributed by atoms with Crippen molar-refractivity contribution in [3.05, 3.63) is 12.2 Å². The van der Waals surface area contributed by atoms with Gasteiger partial charge in [0.15, 0.2) is 0 Å². The van der Waals surface area contributed by atoms with E-state index in [1.807, 2.05) is 0 Å². The molecule has 0 fully saturated rings. The lowest BCUT2D eigenvalue weighted by atomic mass is 10.5. The van der Waals surface area contributed by atoms with E-state index in [0.717, 1.165) is 0 Å². The molecule has 5 N–H and O–H groups in total. The maximum atomic E-state index is 11.1. The number of nitrogens with one attached hydrogen (secondary N) is 3. The van der Waals surface area contributed by atoms with Gasteiger partial charge >= 0.3 is 11.8 Å². The number of rotatable bonds is 4. The lowest BCUT2D eigenvalue weighted by molar-refractivity contribution is -0.139. The molecule has 15 heavy (non-hydrogen) atoms. The van der Waals surface area contributed by atoms with Crippen molar-refractivity contribution in [2.75, 3.05) is 13.1 Å². The van der Waals surface area contributed by atoms with Crippen molar-refractivity contribution >= 4 is 11.8 Å². The summed E-state index contributed by atoms with van der Waals surface area (Å²) in [5.41, 5.74) is 5.16. The molecule has 0 saturated heterocycles. The van der Waals surface area contributed by atoms with Gasteiger partial charge in [0.1, 0.15) is 12.2 Å². The van der Waals surface area contributed by atoms with E-state index in [0.29, 0.717) is 12.4 Å². The van der Waals surface area contributed by atoms with Gasteiger partial charge < -0.3 is 16.4 Å². The fraction of sp³-hybridized carbons (Fsp3) is 0.429. The molecule has 0 aliphatic heterocycles. The summed E-state index contributed by atoms with van der Waals surface area (Å²) < 4.78 is 0. The molecule has 8 heteroatoms. The fourth-order valence-electron chi connectivity index (χ4n) is 0.826. The molecule has 1 rings (SSSR count). The predicted octanol–water partition coefficient (Wildman–Crippen LogP) is -2.50. The molecule has 2 amide bonds. The summed E-state index contributed by atoms with van der Waals surface area (Å²) in [5.74, 6) is -0.949. The molecule has 8 nitrogen and oxygen atoms in total. The van der Waals surface area contributed by atoms with Crippen molar-refractivity contribution in [3.8, 4) is 0 Å².